The average molecular weight is 147 g/mol. The van der Waals surface area contributed by atoms with Crippen molar-refractivity contribution in [1.29, 1.82) is 0 Å². The third kappa shape index (κ3) is 1.05. The standard InChI is InChI=1S/C10H13N/c1-8-10(11(8)2)9-6-4-3-5-7-9/h3-8,10H,1-2H3/t8-,10+,11?/m1/s1. The summed E-state index contributed by atoms with van der Waals surface area (Å²) in [7, 11) is 2.17. The van der Waals surface area contributed by atoms with Crippen LogP contribution in [0, 0.1) is 0 Å². The van der Waals surface area contributed by atoms with Gasteiger partial charge in [-0.2, -0.15) is 0 Å². The Hall–Kier alpha value is -0.820. The molecule has 0 radical (unpaired) electrons. The van der Waals surface area contributed by atoms with E-state index in [1.165, 1.54) is 5.56 Å². The minimum Gasteiger partial charge on any atom is -0.293 e. The van der Waals surface area contributed by atoms with E-state index in [2.05, 4.69) is 49.2 Å². The second-order valence-electron chi connectivity index (χ2n) is 3.26. The van der Waals surface area contributed by atoms with E-state index in [1.807, 2.05) is 0 Å². The minimum absolute atomic E-state index is 0.677. The highest BCUT2D eigenvalue weighted by atomic mass is 15.3. The molecule has 0 bridgehead atoms. The Morgan fingerprint density at radius 2 is 1.73 bits per heavy atom. The fourth-order valence-corrected chi connectivity index (χ4v) is 1.66. The lowest BCUT2D eigenvalue weighted by Crippen LogP contribution is -1.86. The SMILES string of the molecule is C[C@@H]1[C@@H](c2ccccc2)N1C. The summed E-state index contributed by atoms with van der Waals surface area (Å²) in [6.07, 6.45) is 0. The first-order valence-corrected chi connectivity index (χ1v) is 4.07. The Bertz CT molecular complexity index is 234. The summed E-state index contributed by atoms with van der Waals surface area (Å²) in [4.78, 5) is 2.37. The van der Waals surface area contributed by atoms with Crippen molar-refractivity contribution in [3.8, 4) is 0 Å². The van der Waals surface area contributed by atoms with Gasteiger partial charge in [0, 0.05) is 6.04 Å². The van der Waals surface area contributed by atoms with Crippen LogP contribution in [0.3, 0.4) is 0 Å². The summed E-state index contributed by atoms with van der Waals surface area (Å²) < 4.78 is 0. The molecule has 1 heteroatoms. The summed E-state index contributed by atoms with van der Waals surface area (Å²) in [5, 5.41) is 0. The minimum atomic E-state index is 0.677. The molecule has 11 heavy (non-hydrogen) atoms. The molecule has 1 nitrogen and oxygen atoms in total. The van der Waals surface area contributed by atoms with Gasteiger partial charge in [-0.15, -0.1) is 0 Å². The number of hydrogen-bond acceptors (Lipinski definition) is 1. The molecule has 58 valence electrons. The van der Waals surface area contributed by atoms with Gasteiger partial charge in [-0.3, -0.25) is 4.90 Å². The molecular weight excluding hydrogens is 134 g/mol. The molecule has 1 aromatic carbocycles. The predicted molar refractivity (Wildman–Crippen MR) is 46.4 cm³/mol. The maximum Gasteiger partial charge on any atom is 0.0501 e. The van der Waals surface area contributed by atoms with Gasteiger partial charge in [0.15, 0.2) is 0 Å². The Morgan fingerprint density at radius 3 is 2.18 bits per heavy atom. The molecule has 1 fully saturated rings. The number of hydrogen-bond donors (Lipinski definition) is 0. The molecule has 1 saturated heterocycles. The number of rotatable bonds is 1. The van der Waals surface area contributed by atoms with Gasteiger partial charge in [-0.05, 0) is 19.5 Å². The van der Waals surface area contributed by atoms with E-state index in [0.717, 1.165) is 6.04 Å². The van der Waals surface area contributed by atoms with Gasteiger partial charge in [0.05, 0.1) is 6.04 Å². The van der Waals surface area contributed by atoms with Crippen LogP contribution in [0.4, 0.5) is 0 Å². The zero-order valence-electron chi connectivity index (χ0n) is 6.99. The lowest BCUT2D eigenvalue weighted by atomic mass is 10.1. The highest BCUT2D eigenvalue weighted by molar-refractivity contribution is 5.25. The van der Waals surface area contributed by atoms with E-state index < -0.39 is 0 Å². The molecule has 0 saturated carbocycles. The first kappa shape index (κ1) is 6.86. The van der Waals surface area contributed by atoms with Gasteiger partial charge < -0.3 is 0 Å². The number of likely N-dealkylation sites (N-methyl/N-ethyl adjacent to an activating group) is 1. The normalized spacial score (nSPS) is 35.3. The second-order valence-corrected chi connectivity index (χ2v) is 3.26. The molecule has 1 aliphatic rings. The first-order chi connectivity index (χ1) is 5.30. The van der Waals surface area contributed by atoms with Crippen molar-refractivity contribution < 1.29 is 0 Å². The maximum absolute atomic E-state index is 2.37. The molecule has 3 atom stereocenters. The van der Waals surface area contributed by atoms with Crippen LogP contribution in [-0.4, -0.2) is 18.0 Å². The fourth-order valence-electron chi connectivity index (χ4n) is 1.66. The molecule has 2 rings (SSSR count). The quantitative estimate of drug-likeness (QED) is 0.549. The first-order valence-electron chi connectivity index (χ1n) is 4.07. The van der Waals surface area contributed by atoms with Crippen LogP contribution in [0.2, 0.25) is 0 Å². The van der Waals surface area contributed by atoms with Gasteiger partial charge in [-0.25, -0.2) is 0 Å². The molecule has 0 amide bonds. The maximum atomic E-state index is 2.37. The average Bonchev–Trinajstić information content (AvgIpc) is 2.62. The van der Waals surface area contributed by atoms with Crippen LogP contribution >= 0.6 is 0 Å². The third-order valence-electron chi connectivity index (χ3n) is 2.59. The van der Waals surface area contributed by atoms with Crippen molar-refractivity contribution in [3.05, 3.63) is 35.9 Å². The highest BCUT2D eigenvalue weighted by Crippen LogP contribution is 2.40. The van der Waals surface area contributed by atoms with Crippen molar-refractivity contribution in [2.75, 3.05) is 7.05 Å². The van der Waals surface area contributed by atoms with Crippen LogP contribution in [0.25, 0.3) is 0 Å². The lowest BCUT2D eigenvalue weighted by Gasteiger charge is -1.95. The van der Waals surface area contributed by atoms with Crippen LogP contribution in [0.5, 0.6) is 0 Å². The lowest BCUT2D eigenvalue weighted by molar-refractivity contribution is 0.600. The zero-order chi connectivity index (χ0) is 7.84. The van der Waals surface area contributed by atoms with Crippen molar-refractivity contribution in [2.45, 2.75) is 19.0 Å². The second kappa shape index (κ2) is 2.35. The summed E-state index contributed by atoms with van der Waals surface area (Å²) in [5.74, 6) is 0. The van der Waals surface area contributed by atoms with Crippen molar-refractivity contribution in [3.63, 3.8) is 0 Å². The largest absolute Gasteiger partial charge is 0.293 e. The monoisotopic (exact) mass is 147 g/mol. The van der Waals surface area contributed by atoms with E-state index in [-0.39, 0.29) is 0 Å². The Labute approximate surface area is 67.6 Å². The van der Waals surface area contributed by atoms with Crippen molar-refractivity contribution in [2.24, 2.45) is 0 Å². The molecule has 1 unspecified atom stereocenters. The molecular formula is C10H13N. The fraction of sp³-hybridized carbons (Fsp3) is 0.400. The summed E-state index contributed by atoms with van der Waals surface area (Å²) in [5.41, 5.74) is 1.45. The van der Waals surface area contributed by atoms with Gasteiger partial charge in [0.2, 0.25) is 0 Å². The topological polar surface area (TPSA) is 3.01 Å². The van der Waals surface area contributed by atoms with E-state index in [0.29, 0.717) is 6.04 Å². The van der Waals surface area contributed by atoms with Crippen molar-refractivity contribution in [1.82, 2.24) is 4.90 Å². The summed E-state index contributed by atoms with van der Waals surface area (Å²) >= 11 is 0. The smallest absolute Gasteiger partial charge is 0.0501 e. The summed E-state index contributed by atoms with van der Waals surface area (Å²) in [6.45, 7) is 2.26. The Kier molecular flexibility index (Phi) is 1.46. The van der Waals surface area contributed by atoms with Crippen LogP contribution in [-0.2, 0) is 0 Å². The number of nitrogens with zero attached hydrogens (tertiary/aromatic N) is 1. The Morgan fingerprint density at radius 1 is 1.18 bits per heavy atom. The van der Waals surface area contributed by atoms with Crippen LogP contribution in [0.15, 0.2) is 30.3 Å². The van der Waals surface area contributed by atoms with E-state index in [9.17, 15) is 0 Å². The van der Waals surface area contributed by atoms with E-state index in [4.69, 9.17) is 0 Å². The van der Waals surface area contributed by atoms with Gasteiger partial charge in [-0.1, -0.05) is 30.3 Å². The number of benzene rings is 1. The predicted octanol–water partition coefficient (Wildman–Crippen LogP) is 2.06. The molecule has 1 aliphatic heterocycles. The molecule has 0 aromatic heterocycles. The third-order valence-corrected chi connectivity index (χ3v) is 2.59. The Balaban J connectivity index is 2.20. The van der Waals surface area contributed by atoms with E-state index in [1.54, 1.807) is 0 Å². The molecule has 0 spiro atoms. The van der Waals surface area contributed by atoms with Gasteiger partial charge in [0.25, 0.3) is 0 Å². The van der Waals surface area contributed by atoms with Gasteiger partial charge in [0.1, 0.15) is 0 Å². The molecule has 1 aromatic rings. The van der Waals surface area contributed by atoms with E-state index >= 15 is 0 Å². The van der Waals surface area contributed by atoms with Crippen LogP contribution < -0.4 is 0 Å². The van der Waals surface area contributed by atoms with Gasteiger partial charge >= 0.3 is 0 Å². The van der Waals surface area contributed by atoms with Crippen molar-refractivity contribution >= 4 is 0 Å². The highest BCUT2D eigenvalue weighted by Gasteiger charge is 2.40. The molecule has 0 N–H and O–H groups in total. The molecule has 0 aliphatic carbocycles. The van der Waals surface area contributed by atoms with Crippen LogP contribution in [0.1, 0.15) is 18.5 Å². The summed E-state index contributed by atoms with van der Waals surface area (Å²) in [6, 6.07) is 12.1. The zero-order valence-corrected chi connectivity index (χ0v) is 6.99. The molecule has 1 heterocycles.